The molecule has 2 aromatic rings. The first kappa shape index (κ1) is 26.9. The van der Waals surface area contributed by atoms with Crippen LogP contribution in [0, 0.1) is 0 Å². The second kappa shape index (κ2) is 11.9. The predicted molar refractivity (Wildman–Crippen MR) is 145 cm³/mol. The fourth-order valence-corrected chi connectivity index (χ4v) is 5.59. The molecule has 10 heteroatoms. The lowest BCUT2D eigenvalue weighted by atomic mass is 9.94. The summed E-state index contributed by atoms with van der Waals surface area (Å²) in [5, 5.41) is 5.42. The number of carbonyl (C=O) groups excluding carboxylic acids is 3. The van der Waals surface area contributed by atoms with Crippen molar-refractivity contribution in [1.82, 2.24) is 20.0 Å². The molecule has 0 bridgehead atoms. The van der Waals surface area contributed by atoms with Crippen molar-refractivity contribution in [2.75, 3.05) is 39.3 Å². The SMILES string of the molecule is C=CCN1C(=O)N[C@@H](c2ccc(Cl)cc2)C(C(=O)OCC)=C1CN1CCN(C(=O)c2cccs2)[C@@H](C)C1. The second-order valence-electron chi connectivity index (χ2n) is 8.97. The van der Waals surface area contributed by atoms with Crippen LogP contribution in [0.25, 0.3) is 0 Å². The maximum Gasteiger partial charge on any atom is 0.338 e. The smallest absolute Gasteiger partial charge is 0.338 e. The first-order chi connectivity index (χ1) is 17.8. The molecule has 1 aromatic heterocycles. The van der Waals surface area contributed by atoms with E-state index in [9.17, 15) is 14.4 Å². The number of hydrogen-bond acceptors (Lipinski definition) is 6. The molecule has 3 heterocycles. The average molecular weight is 543 g/mol. The number of ether oxygens (including phenoxy) is 1. The van der Waals surface area contributed by atoms with Gasteiger partial charge in [-0.05, 0) is 43.0 Å². The predicted octanol–water partition coefficient (Wildman–Crippen LogP) is 4.32. The topological polar surface area (TPSA) is 82.2 Å². The molecule has 4 rings (SSSR count). The van der Waals surface area contributed by atoms with Crippen LogP contribution in [0.1, 0.15) is 35.1 Å². The minimum Gasteiger partial charge on any atom is -0.463 e. The molecule has 1 fully saturated rings. The number of nitrogens with zero attached hydrogens (tertiary/aromatic N) is 3. The molecular formula is C27H31ClN4O4S. The van der Waals surface area contributed by atoms with E-state index in [4.69, 9.17) is 16.3 Å². The minimum absolute atomic E-state index is 0.0294. The summed E-state index contributed by atoms with van der Waals surface area (Å²) in [6.07, 6.45) is 1.63. The van der Waals surface area contributed by atoms with E-state index in [0.717, 1.165) is 10.4 Å². The van der Waals surface area contributed by atoms with E-state index in [1.54, 1.807) is 42.2 Å². The zero-order valence-corrected chi connectivity index (χ0v) is 22.6. The van der Waals surface area contributed by atoms with E-state index in [1.807, 2.05) is 29.3 Å². The van der Waals surface area contributed by atoms with E-state index in [-0.39, 0.29) is 31.1 Å². The Balaban J connectivity index is 1.66. The van der Waals surface area contributed by atoms with Gasteiger partial charge in [-0.25, -0.2) is 9.59 Å². The van der Waals surface area contributed by atoms with E-state index >= 15 is 0 Å². The summed E-state index contributed by atoms with van der Waals surface area (Å²) in [5.41, 5.74) is 1.69. The summed E-state index contributed by atoms with van der Waals surface area (Å²) < 4.78 is 5.45. The molecule has 8 nitrogen and oxygen atoms in total. The van der Waals surface area contributed by atoms with Crippen molar-refractivity contribution in [3.8, 4) is 0 Å². The third-order valence-corrected chi connectivity index (χ3v) is 7.64. The lowest BCUT2D eigenvalue weighted by molar-refractivity contribution is -0.139. The van der Waals surface area contributed by atoms with Gasteiger partial charge in [-0.1, -0.05) is 35.9 Å². The van der Waals surface area contributed by atoms with E-state index < -0.39 is 12.0 Å². The van der Waals surface area contributed by atoms with Crippen molar-refractivity contribution in [2.24, 2.45) is 0 Å². The zero-order valence-electron chi connectivity index (χ0n) is 21.0. The van der Waals surface area contributed by atoms with E-state index in [2.05, 4.69) is 16.8 Å². The molecule has 0 saturated carbocycles. The van der Waals surface area contributed by atoms with Crippen molar-refractivity contribution in [3.63, 3.8) is 0 Å². The Morgan fingerprint density at radius 3 is 2.62 bits per heavy atom. The van der Waals surface area contributed by atoms with Gasteiger partial charge in [-0.15, -0.1) is 17.9 Å². The number of halogens is 1. The van der Waals surface area contributed by atoms with Gasteiger partial charge >= 0.3 is 12.0 Å². The Bertz CT molecular complexity index is 1180. The summed E-state index contributed by atoms with van der Waals surface area (Å²) in [6, 6.07) is 9.73. The van der Waals surface area contributed by atoms with Crippen LogP contribution in [0.5, 0.6) is 0 Å². The summed E-state index contributed by atoms with van der Waals surface area (Å²) in [7, 11) is 0. The van der Waals surface area contributed by atoms with Crippen LogP contribution in [0.2, 0.25) is 5.02 Å². The fraction of sp³-hybridized carbons (Fsp3) is 0.370. The van der Waals surface area contributed by atoms with E-state index in [0.29, 0.717) is 42.5 Å². The van der Waals surface area contributed by atoms with Crippen LogP contribution in [0.4, 0.5) is 4.79 Å². The molecule has 196 valence electrons. The van der Waals surface area contributed by atoms with Crippen LogP contribution in [0.3, 0.4) is 0 Å². The zero-order chi connectivity index (χ0) is 26.5. The van der Waals surface area contributed by atoms with Gasteiger partial charge in [0.15, 0.2) is 0 Å². The van der Waals surface area contributed by atoms with E-state index in [1.165, 1.54) is 11.3 Å². The molecule has 2 aliphatic heterocycles. The maximum atomic E-state index is 13.3. The number of thiophene rings is 1. The van der Waals surface area contributed by atoms with Gasteiger partial charge in [0.2, 0.25) is 0 Å². The van der Waals surface area contributed by atoms with Crippen molar-refractivity contribution in [2.45, 2.75) is 25.9 Å². The molecule has 2 atom stereocenters. The molecule has 1 aromatic carbocycles. The maximum absolute atomic E-state index is 13.3. The lowest BCUT2D eigenvalue weighted by Gasteiger charge is -2.42. The normalized spacial score (nSPS) is 20.6. The molecule has 0 spiro atoms. The van der Waals surface area contributed by atoms with Gasteiger partial charge in [0, 0.05) is 49.5 Å². The summed E-state index contributed by atoms with van der Waals surface area (Å²) in [5.74, 6) is -0.451. The second-order valence-corrected chi connectivity index (χ2v) is 10.4. The molecule has 1 N–H and O–H groups in total. The molecule has 0 aliphatic carbocycles. The highest BCUT2D eigenvalue weighted by Gasteiger charge is 2.39. The van der Waals surface area contributed by atoms with Gasteiger partial charge in [0.05, 0.1) is 23.1 Å². The number of rotatable bonds is 8. The van der Waals surface area contributed by atoms with Crippen LogP contribution in [-0.2, 0) is 9.53 Å². The number of amides is 3. The Labute approximate surface area is 226 Å². The van der Waals surface area contributed by atoms with Crippen molar-refractivity contribution >= 4 is 40.8 Å². The summed E-state index contributed by atoms with van der Waals surface area (Å²) in [6.45, 7) is 10.1. The third kappa shape index (κ3) is 5.89. The highest BCUT2D eigenvalue weighted by molar-refractivity contribution is 7.12. The number of benzene rings is 1. The number of piperazine rings is 1. The Morgan fingerprint density at radius 2 is 2.00 bits per heavy atom. The van der Waals surface area contributed by atoms with Crippen molar-refractivity contribution < 1.29 is 19.1 Å². The van der Waals surface area contributed by atoms with Crippen LogP contribution in [0.15, 0.2) is 65.7 Å². The minimum atomic E-state index is -0.681. The molecule has 3 amide bonds. The Hall–Kier alpha value is -3.14. The van der Waals surface area contributed by atoms with Crippen LogP contribution < -0.4 is 5.32 Å². The number of hydrogen-bond donors (Lipinski definition) is 1. The Morgan fingerprint density at radius 1 is 1.24 bits per heavy atom. The molecule has 37 heavy (non-hydrogen) atoms. The number of nitrogens with one attached hydrogen (secondary N) is 1. The highest BCUT2D eigenvalue weighted by atomic mass is 35.5. The highest BCUT2D eigenvalue weighted by Crippen LogP contribution is 2.33. The largest absolute Gasteiger partial charge is 0.463 e. The van der Waals surface area contributed by atoms with Gasteiger partial charge in [0.1, 0.15) is 0 Å². The summed E-state index contributed by atoms with van der Waals surface area (Å²) in [4.78, 5) is 45.8. The van der Waals surface area contributed by atoms with Gasteiger partial charge < -0.3 is 15.0 Å². The monoisotopic (exact) mass is 542 g/mol. The van der Waals surface area contributed by atoms with Gasteiger partial charge in [-0.3, -0.25) is 14.6 Å². The number of urea groups is 1. The Kier molecular flexibility index (Phi) is 8.68. The molecular weight excluding hydrogens is 512 g/mol. The van der Waals surface area contributed by atoms with Gasteiger partial charge in [-0.2, -0.15) is 0 Å². The van der Waals surface area contributed by atoms with Crippen LogP contribution in [-0.4, -0.2) is 78.0 Å². The lowest BCUT2D eigenvalue weighted by Crippen LogP contribution is -2.56. The quantitative estimate of drug-likeness (QED) is 0.397. The standard InChI is InChI=1S/C27H31ClN4O4S/c1-4-12-32-21(17-30-13-14-31(18(3)16-30)25(33)22-7-6-15-37-22)23(26(34)36-5-2)24(29-27(32)35)19-8-10-20(28)11-9-19/h4,6-11,15,18,24H,1,5,12-14,16-17H2,2-3H3,(H,29,35)/t18-,24-/m0/s1. The van der Waals surface area contributed by atoms with Crippen molar-refractivity contribution in [3.05, 3.63) is 81.2 Å². The van der Waals surface area contributed by atoms with Crippen molar-refractivity contribution in [1.29, 1.82) is 0 Å². The average Bonchev–Trinajstić information content (AvgIpc) is 3.41. The third-order valence-electron chi connectivity index (χ3n) is 6.53. The molecule has 2 aliphatic rings. The first-order valence-electron chi connectivity index (χ1n) is 12.2. The molecule has 0 unspecified atom stereocenters. The summed E-state index contributed by atoms with van der Waals surface area (Å²) >= 11 is 7.52. The van der Waals surface area contributed by atoms with Gasteiger partial charge in [0.25, 0.3) is 5.91 Å². The number of esters is 1. The molecule has 0 radical (unpaired) electrons. The molecule has 1 saturated heterocycles. The first-order valence-corrected chi connectivity index (χ1v) is 13.5. The number of carbonyl (C=O) groups is 3. The fourth-order valence-electron chi connectivity index (χ4n) is 4.78. The van der Waals surface area contributed by atoms with Crippen LogP contribution >= 0.6 is 22.9 Å².